The first kappa shape index (κ1) is 27.6. The Kier molecular flexibility index (Phi) is 8.64. The van der Waals surface area contributed by atoms with Crippen LogP contribution >= 0.6 is 0 Å². The number of carbonyl (C=O) groups excluding carboxylic acids is 1. The standard InChI is InChI=1S/C31H37N5O4/c32-30-24-17-23(13-14-25(24)33-34-30)20-36-27(19-22-11-5-2-6-12-22)29(39)28(38)26(18-21-9-3-1-4-10-21)35(31(36)40)15-7-8-16-37/h1-6,9-14,17,26-29,37-39H,7-8,15-16,18-20H2,(H3,32,33,34)/t26-,27-,28+,29+/m1/s1. The van der Waals surface area contributed by atoms with Crippen LogP contribution in [0.5, 0.6) is 0 Å². The van der Waals surface area contributed by atoms with Gasteiger partial charge in [0.2, 0.25) is 0 Å². The number of nitrogens with two attached hydrogens (primary N) is 1. The van der Waals surface area contributed by atoms with Crippen LogP contribution in [-0.4, -0.2) is 78.8 Å². The van der Waals surface area contributed by atoms with Crippen molar-refractivity contribution >= 4 is 22.8 Å². The van der Waals surface area contributed by atoms with Crippen molar-refractivity contribution in [1.82, 2.24) is 20.0 Å². The number of nitrogens with one attached hydrogen (secondary N) is 1. The topological polar surface area (TPSA) is 139 Å². The van der Waals surface area contributed by atoms with Crippen molar-refractivity contribution in [2.75, 3.05) is 18.9 Å². The fraction of sp³-hybridized carbons (Fsp3) is 0.355. The summed E-state index contributed by atoms with van der Waals surface area (Å²) >= 11 is 0. The van der Waals surface area contributed by atoms with Gasteiger partial charge in [-0.1, -0.05) is 66.7 Å². The Morgan fingerprint density at radius 2 is 1.40 bits per heavy atom. The van der Waals surface area contributed by atoms with Gasteiger partial charge in [0.1, 0.15) is 12.2 Å². The third-order valence-corrected chi connectivity index (χ3v) is 7.82. The van der Waals surface area contributed by atoms with Crippen LogP contribution < -0.4 is 5.73 Å². The summed E-state index contributed by atoms with van der Waals surface area (Å²) in [6, 6.07) is 23.5. The second kappa shape index (κ2) is 12.5. The van der Waals surface area contributed by atoms with Gasteiger partial charge in [0.25, 0.3) is 0 Å². The van der Waals surface area contributed by atoms with Crippen molar-refractivity contribution in [2.24, 2.45) is 0 Å². The van der Waals surface area contributed by atoms with E-state index in [-0.39, 0.29) is 19.2 Å². The van der Waals surface area contributed by atoms with Crippen molar-refractivity contribution in [1.29, 1.82) is 0 Å². The van der Waals surface area contributed by atoms with Crippen molar-refractivity contribution in [2.45, 2.75) is 56.5 Å². The number of aromatic amines is 1. The van der Waals surface area contributed by atoms with E-state index in [1.165, 1.54) is 0 Å². The van der Waals surface area contributed by atoms with Gasteiger partial charge in [-0.15, -0.1) is 0 Å². The highest BCUT2D eigenvalue weighted by molar-refractivity contribution is 5.89. The summed E-state index contributed by atoms with van der Waals surface area (Å²) in [6.07, 6.45) is -0.487. The van der Waals surface area contributed by atoms with Crippen LogP contribution in [0.1, 0.15) is 29.5 Å². The van der Waals surface area contributed by atoms with Gasteiger partial charge in [0, 0.05) is 25.1 Å². The lowest BCUT2D eigenvalue weighted by Crippen LogP contribution is -2.51. The molecule has 4 aromatic rings. The number of rotatable bonds is 10. The SMILES string of the molecule is Nc1n[nH]c2ccc(CN3C(=O)N(CCCCO)[C@H](Cc4ccccc4)[C@H](O)[C@@H](O)[C@H]3Cc3ccccc3)cc12. The molecule has 5 rings (SSSR count). The Bertz CT molecular complexity index is 1400. The molecule has 6 N–H and O–H groups in total. The molecule has 1 fully saturated rings. The zero-order chi connectivity index (χ0) is 28.1. The van der Waals surface area contributed by atoms with E-state index in [9.17, 15) is 20.1 Å². The molecule has 3 aromatic carbocycles. The van der Waals surface area contributed by atoms with Gasteiger partial charge in [-0.25, -0.2) is 4.79 Å². The maximum atomic E-state index is 14.4. The van der Waals surface area contributed by atoms with Gasteiger partial charge in [0.05, 0.1) is 17.6 Å². The van der Waals surface area contributed by atoms with Gasteiger partial charge in [0.15, 0.2) is 5.82 Å². The third kappa shape index (κ3) is 5.96. The van der Waals surface area contributed by atoms with Gasteiger partial charge < -0.3 is 30.9 Å². The fourth-order valence-electron chi connectivity index (χ4n) is 5.66. The number of nitrogen functional groups attached to an aromatic ring is 1. The van der Waals surface area contributed by atoms with Crippen LogP contribution in [-0.2, 0) is 19.4 Å². The van der Waals surface area contributed by atoms with E-state index < -0.39 is 24.3 Å². The molecule has 210 valence electrons. The number of urea groups is 1. The minimum Gasteiger partial charge on any atom is -0.396 e. The van der Waals surface area contributed by atoms with Gasteiger partial charge >= 0.3 is 6.03 Å². The molecule has 2 heterocycles. The zero-order valence-corrected chi connectivity index (χ0v) is 22.4. The second-order valence-electron chi connectivity index (χ2n) is 10.5. The van der Waals surface area contributed by atoms with Crippen LogP contribution in [0, 0.1) is 0 Å². The summed E-state index contributed by atoms with van der Waals surface area (Å²) in [5, 5.41) is 40.6. The first-order chi connectivity index (χ1) is 19.5. The molecule has 0 unspecified atom stereocenters. The number of aromatic nitrogens is 2. The number of aliphatic hydroxyl groups excluding tert-OH is 3. The molecule has 1 saturated heterocycles. The van der Waals surface area contributed by atoms with Crippen molar-refractivity contribution in [3.05, 3.63) is 95.6 Å². The van der Waals surface area contributed by atoms with Crippen LogP contribution in [0.2, 0.25) is 0 Å². The molecule has 1 aliphatic heterocycles. The molecular weight excluding hydrogens is 506 g/mol. The molecule has 0 bridgehead atoms. The smallest absolute Gasteiger partial charge is 0.321 e. The number of carbonyl (C=O) groups is 1. The molecular formula is C31H37N5O4. The first-order valence-corrected chi connectivity index (χ1v) is 13.8. The molecule has 9 nitrogen and oxygen atoms in total. The molecule has 0 spiro atoms. The number of anilines is 1. The molecule has 2 amide bonds. The highest BCUT2D eigenvalue weighted by Gasteiger charge is 2.46. The van der Waals surface area contributed by atoms with Crippen LogP contribution in [0.25, 0.3) is 10.9 Å². The normalized spacial score (nSPS) is 21.6. The lowest BCUT2D eigenvalue weighted by molar-refractivity contribution is -0.0403. The van der Waals surface area contributed by atoms with E-state index in [1.54, 1.807) is 9.80 Å². The third-order valence-electron chi connectivity index (χ3n) is 7.82. The summed E-state index contributed by atoms with van der Waals surface area (Å²) in [5.74, 6) is 0.379. The Morgan fingerprint density at radius 1 is 0.800 bits per heavy atom. The predicted molar refractivity (Wildman–Crippen MR) is 154 cm³/mol. The summed E-state index contributed by atoms with van der Waals surface area (Å²) in [4.78, 5) is 17.8. The van der Waals surface area contributed by atoms with Gasteiger partial charge in [-0.05, 0) is 54.5 Å². The second-order valence-corrected chi connectivity index (χ2v) is 10.5. The van der Waals surface area contributed by atoms with E-state index >= 15 is 0 Å². The fourth-order valence-corrected chi connectivity index (χ4v) is 5.66. The Hall–Kier alpha value is -3.92. The monoisotopic (exact) mass is 543 g/mol. The van der Waals surface area contributed by atoms with Crippen molar-refractivity contribution < 1.29 is 20.1 Å². The van der Waals surface area contributed by atoms with E-state index in [0.717, 1.165) is 27.6 Å². The molecule has 4 atom stereocenters. The molecule has 1 aliphatic rings. The lowest BCUT2D eigenvalue weighted by atomic mass is 9.91. The van der Waals surface area contributed by atoms with Crippen LogP contribution in [0.4, 0.5) is 10.6 Å². The van der Waals surface area contributed by atoms with E-state index in [2.05, 4.69) is 10.2 Å². The van der Waals surface area contributed by atoms with Crippen molar-refractivity contribution in [3.63, 3.8) is 0 Å². The highest BCUT2D eigenvalue weighted by atomic mass is 16.3. The highest BCUT2D eigenvalue weighted by Crippen LogP contribution is 2.30. The summed E-state index contributed by atoms with van der Waals surface area (Å²) in [6.45, 7) is 0.585. The Balaban J connectivity index is 1.55. The molecule has 1 aromatic heterocycles. The number of benzene rings is 3. The average Bonchev–Trinajstić information content (AvgIpc) is 3.33. The Labute approximate surface area is 233 Å². The number of aliphatic hydroxyl groups is 3. The molecule has 9 heteroatoms. The minimum atomic E-state index is -1.19. The number of hydrogen-bond donors (Lipinski definition) is 5. The molecule has 0 aliphatic carbocycles. The number of hydrogen-bond acceptors (Lipinski definition) is 6. The summed E-state index contributed by atoms with van der Waals surface area (Å²) in [5.41, 5.74) is 9.62. The Morgan fingerprint density at radius 3 is 2.00 bits per heavy atom. The number of nitrogens with zero attached hydrogens (tertiary/aromatic N) is 3. The predicted octanol–water partition coefficient (Wildman–Crippen LogP) is 3.10. The quantitative estimate of drug-likeness (QED) is 0.195. The largest absolute Gasteiger partial charge is 0.396 e. The van der Waals surface area contributed by atoms with E-state index in [0.29, 0.717) is 38.0 Å². The maximum absolute atomic E-state index is 14.4. The maximum Gasteiger partial charge on any atom is 0.321 e. The lowest BCUT2D eigenvalue weighted by Gasteiger charge is -2.35. The number of amides is 2. The van der Waals surface area contributed by atoms with Gasteiger partial charge in [-0.2, -0.15) is 5.10 Å². The van der Waals surface area contributed by atoms with E-state index in [1.807, 2.05) is 78.9 Å². The number of unbranched alkanes of at least 4 members (excludes halogenated alkanes) is 1. The van der Waals surface area contributed by atoms with Crippen molar-refractivity contribution in [3.8, 4) is 0 Å². The molecule has 40 heavy (non-hydrogen) atoms. The summed E-state index contributed by atoms with van der Waals surface area (Å²) < 4.78 is 0. The minimum absolute atomic E-state index is 0.0169. The van der Waals surface area contributed by atoms with Gasteiger partial charge in [-0.3, -0.25) is 5.10 Å². The average molecular weight is 544 g/mol. The number of fused-ring (bicyclic) bond motifs is 1. The van der Waals surface area contributed by atoms with Crippen LogP contribution in [0.15, 0.2) is 78.9 Å². The summed E-state index contributed by atoms with van der Waals surface area (Å²) in [7, 11) is 0. The van der Waals surface area contributed by atoms with E-state index in [4.69, 9.17) is 5.73 Å². The zero-order valence-electron chi connectivity index (χ0n) is 22.4. The number of H-pyrrole nitrogens is 1. The first-order valence-electron chi connectivity index (χ1n) is 13.8. The molecule has 0 saturated carbocycles. The molecule has 0 radical (unpaired) electrons. The van der Waals surface area contributed by atoms with Crippen LogP contribution in [0.3, 0.4) is 0 Å².